The molecular weight excluding hydrogens is 472 g/mol. The molecule has 1 aliphatic rings. The molecule has 0 unspecified atom stereocenters. The van der Waals surface area contributed by atoms with Crippen LogP contribution in [0.4, 0.5) is 5.69 Å². The standard InChI is InChI=1S/C26H22N4O5.C2H6/c1-26(2,3)25(33)29-13-18(16-10-9-14(30(34)35)11-20(16)29)22-21(23(31)27-24(22)32)17-12-28(4)19-8-6-5-7-15(17)19;1-2/h5-13H,1-4H3,(H,27,31,32);1-2H3. The summed E-state index contributed by atoms with van der Waals surface area (Å²) in [7, 11) is 1.85. The highest BCUT2D eigenvalue weighted by atomic mass is 16.6. The van der Waals surface area contributed by atoms with Gasteiger partial charge in [0.2, 0.25) is 5.91 Å². The lowest BCUT2D eigenvalue weighted by atomic mass is 9.95. The Hall–Kier alpha value is -4.53. The predicted molar refractivity (Wildman–Crippen MR) is 143 cm³/mol. The van der Waals surface area contributed by atoms with E-state index in [0.717, 1.165) is 10.9 Å². The van der Waals surface area contributed by atoms with Gasteiger partial charge in [-0.05, 0) is 12.1 Å². The number of hydrogen-bond acceptors (Lipinski definition) is 5. The van der Waals surface area contributed by atoms with Gasteiger partial charge in [0.25, 0.3) is 17.5 Å². The third-order valence-electron chi connectivity index (χ3n) is 6.23. The molecule has 0 radical (unpaired) electrons. The number of nitrogens with one attached hydrogen (secondary N) is 1. The van der Waals surface area contributed by atoms with E-state index in [4.69, 9.17) is 0 Å². The van der Waals surface area contributed by atoms with Crippen LogP contribution in [0, 0.1) is 15.5 Å². The summed E-state index contributed by atoms with van der Waals surface area (Å²) >= 11 is 0. The van der Waals surface area contributed by atoms with E-state index in [-0.39, 0.29) is 22.7 Å². The van der Waals surface area contributed by atoms with Crippen molar-refractivity contribution in [2.75, 3.05) is 0 Å². The maximum atomic E-state index is 13.3. The summed E-state index contributed by atoms with van der Waals surface area (Å²) in [5.41, 5.74) is 1.49. The monoisotopic (exact) mass is 500 g/mol. The van der Waals surface area contributed by atoms with Crippen molar-refractivity contribution in [3.63, 3.8) is 0 Å². The van der Waals surface area contributed by atoms with Crippen LogP contribution < -0.4 is 5.32 Å². The van der Waals surface area contributed by atoms with Crippen LogP contribution in [0.3, 0.4) is 0 Å². The fourth-order valence-corrected chi connectivity index (χ4v) is 4.57. The number of fused-ring (bicyclic) bond motifs is 2. The van der Waals surface area contributed by atoms with Crippen LogP contribution in [0.2, 0.25) is 0 Å². The van der Waals surface area contributed by atoms with Crippen LogP contribution in [0.25, 0.3) is 33.0 Å². The first kappa shape index (κ1) is 25.6. The number of imide groups is 1. The second-order valence-electron chi connectivity index (χ2n) is 9.63. The topological polar surface area (TPSA) is 116 Å². The number of carbonyl (C=O) groups excluding carboxylic acids is 3. The molecule has 0 atom stereocenters. The third-order valence-corrected chi connectivity index (χ3v) is 6.23. The van der Waals surface area contributed by atoms with Crippen molar-refractivity contribution in [1.29, 1.82) is 0 Å². The zero-order chi connectivity index (χ0) is 27.2. The minimum Gasteiger partial charge on any atom is -0.350 e. The van der Waals surface area contributed by atoms with Gasteiger partial charge in [0.1, 0.15) is 0 Å². The fraction of sp³-hybridized carbons (Fsp3) is 0.250. The Balaban J connectivity index is 0.00000156. The van der Waals surface area contributed by atoms with E-state index in [9.17, 15) is 24.5 Å². The van der Waals surface area contributed by atoms with Crippen LogP contribution in [0.1, 0.15) is 50.5 Å². The number of amides is 2. The van der Waals surface area contributed by atoms with Gasteiger partial charge >= 0.3 is 0 Å². The number of hydrogen-bond donors (Lipinski definition) is 1. The molecule has 2 amide bonds. The second kappa shape index (κ2) is 9.16. The Morgan fingerprint density at radius 1 is 0.892 bits per heavy atom. The van der Waals surface area contributed by atoms with E-state index < -0.39 is 22.2 Å². The molecule has 5 rings (SSSR count). The Morgan fingerprint density at radius 3 is 2.05 bits per heavy atom. The van der Waals surface area contributed by atoms with E-state index in [2.05, 4.69) is 5.32 Å². The number of non-ortho nitro benzene ring substituents is 1. The van der Waals surface area contributed by atoms with Crippen molar-refractivity contribution in [3.8, 4) is 0 Å². The average Bonchev–Trinajstić information content (AvgIpc) is 3.49. The minimum absolute atomic E-state index is 0.130. The number of para-hydroxylation sites is 1. The first-order chi connectivity index (χ1) is 17.5. The summed E-state index contributed by atoms with van der Waals surface area (Å²) in [4.78, 5) is 50.3. The lowest BCUT2D eigenvalue weighted by molar-refractivity contribution is -0.384. The highest BCUT2D eigenvalue weighted by Gasteiger charge is 2.36. The van der Waals surface area contributed by atoms with Crippen LogP contribution in [0.15, 0.2) is 54.9 Å². The largest absolute Gasteiger partial charge is 0.350 e. The number of rotatable bonds is 3. The molecule has 2 aromatic carbocycles. The van der Waals surface area contributed by atoms with E-state index in [1.165, 1.54) is 29.0 Å². The van der Waals surface area contributed by atoms with Gasteiger partial charge in [0.05, 0.1) is 21.6 Å². The van der Waals surface area contributed by atoms with Gasteiger partial charge in [0.15, 0.2) is 0 Å². The molecule has 2 aromatic heterocycles. The SMILES string of the molecule is CC.Cn1cc(C2=C(c3cn(C(=O)C(C)(C)C)c4cc([N+](=O)[O-])ccc34)C(=O)NC2=O)c2ccccc21. The molecule has 9 nitrogen and oxygen atoms in total. The van der Waals surface area contributed by atoms with Crippen LogP contribution >= 0.6 is 0 Å². The molecule has 0 fully saturated rings. The Labute approximate surface area is 213 Å². The summed E-state index contributed by atoms with van der Waals surface area (Å²) in [5.74, 6) is -1.42. The first-order valence-corrected chi connectivity index (χ1v) is 12.0. The van der Waals surface area contributed by atoms with E-state index in [1.807, 2.05) is 49.7 Å². The molecule has 1 aliphatic heterocycles. The molecule has 0 spiro atoms. The van der Waals surface area contributed by atoms with Crippen LogP contribution in [-0.4, -0.2) is 31.8 Å². The van der Waals surface area contributed by atoms with Gasteiger partial charge in [-0.3, -0.25) is 34.4 Å². The molecule has 37 heavy (non-hydrogen) atoms. The molecular formula is C28H28N4O5. The minimum atomic E-state index is -0.797. The van der Waals surface area contributed by atoms with Crippen LogP contribution in [0.5, 0.6) is 0 Å². The zero-order valence-corrected chi connectivity index (χ0v) is 21.6. The summed E-state index contributed by atoms with van der Waals surface area (Å²) in [5, 5.41) is 15.1. The summed E-state index contributed by atoms with van der Waals surface area (Å²) in [6.45, 7) is 9.22. The molecule has 0 aliphatic carbocycles. The van der Waals surface area contributed by atoms with E-state index in [0.29, 0.717) is 22.0 Å². The van der Waals surface area contributed by atoms with Crippen molar-refractivity contribution >= 4 is 56.4 Å². The molecule has 0 bridgehead atoms. The molecule has 190 valence electrons. The van der Waals surface area contributed by atoms with Crippen molar-refractivity contribution in [2.24, 2.45) is 12.5 Å². The van der Waals surface area contributed by atoms with Crippen molar-refractivity contribution in [2.45, 2.75) is 34.6 Å². The smallest absolute Gasteiger partial charge is 0.271 e. The number of aromatic nitrogens is 2. The molecule has 3 heterocycles. The van der Waals surface area contributed by atoms with Gasteiger partial charge in [0, 0.05) is 64.4 Å². The summed E-state index contributed by atoms with van der Waals surface area (Å²) in [6.07, 6.45) is 3.29. The highest BCUT2D eigenvalue weighted by molar-refractivity contribution is 6.50. The molecule has 0 saturated heterocycles. The maximum absolute atomic E-state index is 13.3. The molecule has 4 aromatic rings. The molecule has 9 heteroatoms. The second-order valence-corrected chi connectivity index (χ2v) is 9.63. The van der Waals surface area contributed by atoms with Gasteiger partial charge in [-0.2, -0.15) is 0 Å². The van der Waals surface area contributed by atoms with E-state index in [1.54, 1.807) is 27.0 Å². The maximum Gasteiger partial charge on any atom is 0.271 e. The number of aryl methyl sites for hydroxylation is 1. The van der Waals surface area contributed by atoms with Gasteiger partial charge in [-0.25, -0.2) is 0 Å². The number of nitrogens with zero attached hydrogens (tertiary/aromatic N) is 3. The Bertz CT molecular complexity index is 1650. The average molecular weight is 501 g/mol. The van der Waals surface area contributed by atoms with Crippen LogP contribution in [-0.2, 0) is 16.6 Å². The normalized spacial score (nSPS) is 13.7. The summed E-state index contributed by atoms with van der Waals surface area (Å²) in [6, 6.07) is 11.7. The first-order valence-electron chi connectivity index (χ1n) is 12.0. The fourth-order valence-electron chi connectivity index (χ4n) is 4.57. The quantitative estimate of drug-likeness (QED) is 0.232. The highest BCUT2D eigenvalue weighted by Crippen LogP contribution is 2.40. The third kappa shape index (κ3) is 4.12. The number of nitro groups is 1. The number of benzene rings is 2. The number of nitro benzene ring substituents is 1. The molecule has 1 N–H and O–H groups in total. The number of carbonyl (C=O) groups is 3. The Morgan fingerprint density at radius 2 is 1.46 bits per heavy atom. The predicted octanol–water partition coefficient (Wildman–Crippen LogP) is 5.32. The molecule has 0 saturated carbocycles. The van der Waals surface area contributed by atoms with Crippen molar-refractivity contribution in [3.05, 3.63) is 76.1 Å². The zero-order valence-electron chi connectivity index (χ0n) is 21.6. The summed E-state index contributed by atoms with van der Waals surface area (Å²) < 4.78 is 3.21. The van der Waals surface area contributed by atoms with Gasteiger partial charge in [-0.15, -0.1) is 0 Å². The van der Waals surface area contributed by atoms with Gasteiger partial charge in [-0.1, -0.05) is 52.8 Å². The Kier molecular flexibility index (Phi) is 6.33. The lowest BCUT2D eigenvalue weighted by Crippen LogP contribution is -2.26. The lowest BCUT2D eigenvalue weighted by Gasteiger charge is -2.17. The van der Waals surface area contributed by atoms with Crippen molar-refractivity contribution < 1.29 is 19.3 Å². The van der Waals surface area contributed by atoms with Crippen molar-refractivity contribution in [1.82, 2.24) is 14.5 Å². The van der Waals surface area contributed by atoms with Gasteiger partial charge < -0.3 is 4.57 Å². The van der Waals surface area contributed by atoms with E-state index >= 15 is 0 Å².